The largest absolute Gasteiger partial charge is 0.298 e. The first-order valence-electron chi connectivity index (χ1n) is 8.14. The lowest BCUT2D eigenvalue weighted by Crippen LogP contribution is -1.96. The van der Waals surface area contributed by atoms with Crippen molar-refractivity contribution >= 4 is 11.8 Å². The highest BCUT2D eigenvalue weighted by Gasteiger charge is 2.16. The summed E-state index contributed by atoms with van der Waals surface area (Å²) in [5.41, 5.74) is 4.67. The molecule has 0 unspecified atom stereocenters. The number of thioether (sulfide) groups is 1. The quantitative estimate of drug-likeness (QED) is 0.452. The van der Waals surface area contributed by atoms with E-state index in [-0.39, 0.29) is 5.82 Å². The normalized spacial score (nSPS) is 10.8. The van der Waals surface area contributed by atoms with Gasteiger partial charge in [-0.05, 0) is 66.9 Å². The lowest BCUT2D eigenvalue weighted by atomic mass is 10.1. The van der Waals surface area contributed by atoms with Gasteiger partial charge in [-0.1, -0.05) is 0 Å². The molecule has 0 saturated heterocycles. The lowest BCUT2D eigenvalue weighted by molar-refractivity contribution is 0.628. The maximum Gasteiger partial charge on any atom is 0.123 e. The number of nitrogens with zero attached hydrogens (tertiary/aromatic N) is 3. The number of hydrogen-bond acceptors (Lipinski definition) is 3. The molecule has 0 atom stereocenters. The average Bonchev–Trinajstić information content (AvgIpc) is 3.14. The standard InChI is InChI=1S/C21H16FN3S/c1-26-19-8-6-18(7-9-19)25-14-24-20(15-2-4-17(22)5-3-15)21(25)16-10-12-23-13-11-16/h2-14H,1H3. The first kappa shape index (κ1) is 16.5. The molecule has 26 heavy (non-hydrogen) atoms. The van der Waals surface area contributed by atoms with Crippen molar-refractivity contribution in [3.63, 3.8) is 0 Å². The smallest absolute Gasteiger partial charge is 0.123 e. The summed E-state index contributed by atoms with van der Waals surface area (Å²) in [5, 5.41) is 0. The zero-order valence-corrected chi connectivity index (χ0v) is 14.9. The van der Waals surface area contributed by atoms with Crippen LogP contribution in [0.2, 0.25) is 0 Å². The number of hydrogen-bond donors (Lipinski definition) is 0. The van der Waals surface area contributed by atoms with Crippen molar-refractivity contribution in [1.82, 2.24) is 14.5 Å². The van der Waals surface area contributed by atoms with E-state index in [1.165, 1.54) is 17.0 Å². The molecule has 2 aromatic heterocycles. The van der Waals surface area contributed by atoms with E-state index in [9.17, 15) is 4.39 Å². The van der Waals surface area contributed by atoms with Gasteiger partial charge in [-0.3, -0.25) is 9.55 Å². The van der Waals surface area contributed by atoms with E-state index in [2.05, 4.69) is 45.1 Å². The molecule has 5 heteroatoms. The second kappa shape index (κ2) is 7.14. The molecule has 0 saturated carbocycles. The van der Waals surface area contributed by atoms with Gasteiger partial charge in [-0.25, -0.2) is 9.37 Å². The highest BCUT2D eigenvalue weighted by Crippen LogP contribution is 2.33. The Morgan fingerprint density at radius 3 is 2.19 bits per heavy atom. The van der Waals surface area contributed by atoms with Crippen LogP contribution in [-0.2, 0) is 0 Å². The van der Waals surface area contributed by atoms with Crippen molar-refractivity contribution in [1.29, 1.82) is 0 Å². The Hall–Kier alpha value is -2.92. The molecule has 0 fully saturated rings. The van der Waals surface area contributed by atoms with Crippen molar-refractivity contribution in [2.24, 2.45) is 0 Å². The summed E-state index contributed by atoms with van der Waals surface area (Å²) in [6.45, 7) is 0. The van der Waals surface area contributed by atoms with E-state index in [1.54, 1.807) is 36.3 Å². The van der Waals surface area contributed by atoms with Crippen LogP contribution in [0.5, 0.6) is 0 Å². The van der Waals surface area contributed by atoms with Gasteiger partial charge in [0.15, 0.2) is 0 Å². The Morgan fingerprint density at radius 1 is 0.846 bits per heavy atom. The molecule has 3 nitrogen and oxygen atoms in total. The molecule has 0 aliphatic carbocycles. The summed E-state index contributed by atoms with van der Waals surface area (Å²) < 4.78 is 15.4. The lowest BCUT2D eigenvalue weighted by Gasteiger charge is -2.11. The third-order valence-electron chi connectivity index (χ3n) is 4.19. The van der Waals surface area contributed by atoms with E-state index >= 15 is 0 Å². The predicted molar refractivity (Wildman–Crippen MR) is 104 cm³/mol. The average molecular weight is 361 g/mol. The number of pyridine rings is 1. The van der Waals surface area contributed by atoms with Gasteiger partial charge in [-0.2, -0.15) is 0 Å². The molecular weight excluding hydrogens is 345 g/mol. The molecule has 0 spiro atoms. The minimum Gasteiger partial charge on any atom is -0.298 e. The Balaban J connectivity index is 1.90. The number of imidazole rings is 1. The number of rotatable bonds is 4. The molecule has 4 aromatic rings. The first-order valence-corrected chi connectivity index (χ1v) is 9.37. The van der Waals surface area contributed by atoms with Crippen molar-refractivity contribution < 1.29 is 4.39 Å². The van der Waals surface area contributed by atoms with Crippen LogP contribution >= 0.6 is 11.8 Å². The van der Waals surface area contributed by atoms with Crippen molar-refractivity contribution in [3.05, 3.63) is 85.2 Å². The van der Waals surface area contributed by atoms with Crippen LogP contribution in [0.4, 0.5) is 4.39 Å². The summed E-state index contributed by atoms with van der Waals surface area (Å²) >= 11 is 1.71. The third kappa shape index (κ3) is 3.13. The zero-order valence-electron chi connectivity index (χ0n) is 14.1. The Bertz CT molecular complexity index is 1010. The van der Waals surface area contributed by atoms with Gasteiger partial charge >= 0.3 is 0 Å². The molecule has 128 valence electrons. The molecular formula is C21H16FN3S. The second-order valence-corrected chi connectivity index (χ2v) is 6.63. The minimum absolute atomic E-state index is 0.258. The zero-order chi connectivity index (χ0) is 17.9. The Morgan fingerprint density at radius 2 is 1.54 bits per heavy atom. The topological polar surface area (TPSA) is 30.7 Å². The fourth-order valence-electron chi connectivity index (χ4n) is 2.89. The molecule has 0 N–H and O–H groups in total. The van der Waals surface area contributed by atoms with Gasteiger partial charge in [0.05, 0.1) is 11.4 Å². The number of aromatic nitrogens is 3. The Labute approximate surface area is 155 Å². The maximum absolute atomic E-state index is 13.3. The van der Waals surface area contributed by atoms with Crippen LogP contribution in [0.15, 0.2) is 84.3 Å². The third-order valence-corrected chi connectivity index (χ3v) is 4.93. The fourth-order valence-corrected chi connectivity index (χ4v) is 3.30. The van der Waals surface area contributed by atoms with Gasteiger partial charge in [0.1, 0.15) is 12.1 Å². The highest BCUT2D eigenvalue weighted by atomic mass is 32.2. The Kier molecular flexibility index (Phi) is 4.54. The van der Waals surface area contributed by atoms with Gasteiger partial charge < -0.3 is 0 Å². The SMILES string of the molecule is CSc1ccc(-n2cnc(-c3ccc(F)cc3)c2-c2ccncc2)cc1. The minimum atomic E-state index is -0.258. The molecule has 0 aliphatic heterocycles. The summed E-state index contributed by atoms with van der Waals surface area (Å²) in [6, 6.07) is 18.7. The first-order chi connectivity index (χ1) is 12.8. The molecule has 2 aromatic carbocycles. The summed E-state index contributed by atoms with van der Waals surface area (Å²) in [4.78, 5) is 9.95. The molecule has 2 heterocycles. The number of halogens is 1. The van der Waals surface area contributed by atoms with Crippen LogP contribution in [0.3, 0.4) is 0 Å². The summed E-state index contributed by atoms with van der Waals surface area (Å²) in [5.74, 6) is -0.258. The van der Waals surface area contributed by atoms with E-state index in [1.807, 2.05) is 18.5 Å². The molecule has 0 aliphatic rings. The van der Waals surface area contributed by atoms with Gasteiger partial charge in [-0.15, -0.1) is 11.8 Å². The maximum atomic E-state index is 13.3. The highest BCUT2D eigenvalue weighted by molar-refractivity contribution is 7.98. The van der Waals surface area contributed by atoms with E-state index in [4.69, 9.17) is 0 Å². The van der Waals surface area contributed by atoms with Crippen LogP contribution in [0, 0.1) is 5.82 Å². The van der Waals surface area contributed by atoms with E-state index in [0.717, 1.165) is 28.2 Å². The monoisotopic (exact) mass is 361 g/mol. The second-order valence-electron chi connectivity index (χ2n) is 5.75. The van der Waals surface area contributed by atoms with E-state index < -0.39 is 0 Å². The van der Waals surface area contributed by atoms with Gasteiger partial charge in [0.25, 0.3) is 0 Å². The van der Waals surface area contributed by atoms with Crippen molar-refractivity contribution in [2.45, 2.75) is 4.90 Å². The van der Waals surface area contributed by atoms with Crippen molar-refractivity contribution in [3.8, 4) is 28.2 Å². The van der Waals surface area contributed by atoms with Crippen LogP contribution in [0.1, 0.15) is 0 Å². The number of benzene rings is 2. The van der Waals surface area contributed by atoms with Crippen LogP contribution in [-0.4, -0.2) is 20.8 Å². The molecule has 4 rings (SSSR count). The van der Waals surface area contributed by atoms with Gasteiger partial charge in [0.2, 0.25) is 0 Å². The molecule has 0 bridgehead atoms. The van der Waals surface area contributed by atoms with Crippen LogP contribution < -0.4 is 0 Å². The summed E-state index contributed by atoms with van der Waals surface area (Å²) in [7, 11) is 0. The summed E-state index contributed by atoms with van der Waals surface area (Å²) in [6.07, 6.45) is 7.39. The molecule has 0 amide bonds. The van der Waals surface area contributed by atoms with Crippen molar-refractivity contribution in [2.75, 3.05) is 6.26 Å². The predicted octanol–water partition coefficient (Wildman–Crippen LogP) is 5.46. The van der Waals surface area contributed by atoms with Crippen LogP contribution in [0.25, 0.3) is 28.2 Å². The van der Waals surface area contributed by atoms with Gasteiger partial charge in [0, 0.05) is 34.1 Å². The fraction of sp³-hybridized carbons (Fsp3) is 0.0476. The van der Waals surface area contributed by atoms with E-state index in [0.29, 0.717) is 0 Å². The molecule has 0 radical (unpaired) electrons.